The Hall–Kier alpha value is -0.650. The van der Waals surface area contributed by atoms with Gasteiger partial charge in [-0.25, -0.2) is 4.39 Å². The molecule has 0 fully saturated rings. The molecule has 0 saturated carbocycles. The summed E-state index contributed by atoms with van der Waals surface area (Å²) >= 11 is 6.63. The molecule has 1 unspecified atom stereocenters. The molecule has 1 N–H and O–H groups in total. The molecule has 0 aliphatic heterocycles. The molecule has 0 aliphatic carbocycles. The first-order valence-electron chi connectivity index (χ1n) is 6.53. The maximum absolute atomic E-state index is 13.6. The lowest BCUT2D eigenvalue weighted by Gasteiger charge is -2.17. The Kier molecular flexibility index (Phi) is 5.81. The molecule has 20 heavy (non-hydrogen) atoms. The maximum atomic E-state index is 13.6. The summed E-state index contributed by atoms with van der Waals surface area (Å²) in [6.45, 7) is 3.00. The normalized spacial score (nSPS) is 12.6. The molecular weight excluding hydrogens is 389 g/mol. The molecule has 1 heterocycles. The van der Waals surface area contributed by atoms with E-state index < -0.39 is 0 Å². The average Bonchev–Trinajstić information content (AvgIpc) is 2.86. The Balaban J connectivity index is 2.21. The molecule has 1 aromatic heterocycles. The summed E-state index contributed by atoms with van der Waals surface area (Å²) in [6.07, 6.45) is 1.70. The van der Waals surface area contributed by atoms with Crippen molar-refractivity contribution in [3.8, 4) is 0 Å². The Morgan fingerprint density at radius 1 is 1.25 bits per heavy atom. The molecule has 2 rings (SSSR count). The molecule has 0 radical (unpaired) electrons. The van der Waals surface area contributed by atoms with Crippen LogP contribution in [0.2, 0.25) is 0 Å². The van der Waals surface area contributed by atoms with E-state index in [0.717, 1.165) is 24.3 Å². The molecule has 2 nitrogen and oxygen atoms in total. The molecule has 1 aromatic carbocycles. The van der Waals surface area contributed by atoms with Crippen molar-refractivity contribution in [2.75, 3.05) is 6.54 Å². The second-order valence-electron chi connectivity index (χ2n) is 4.57. The predicted octanol–water partition coefficient (Wildman–Crippen LogP) is 5.23. The van der Waals surface area contributed by atoms with Gasteiger partial charge in [0, 0.05) is 0 Å². The van der Waals surface area contributed by atoms with Crippen LogP contribution in [0.5, 0.6) is 0 Å². The van der Waals surface area contributed by atoms with Crippen LogP contribution in [0.4, 0.5) is 4.39 Å². The lowest BCUT2D eigenvalue weighted by Crippen LogP contribution is -2.23. The van der Waals surface area contributed by atoms with Crippen LogP contribution >= 0.6 is 31.9 Å². The zero-order valence-corrected chi connectivity index (χ0v) is 14.3. The fraction of sp³-hybridized carbons (Fsp3) is 0.333. The van der Waals surface area contributed by atoms with E-state index in [1.165, 1.54) is 6.07 Å². The predicted molar refractivity (Wildman–Crippen MR) is 85.2 cm³/mol. The van der Waals surface area contributed by atoms with E-state index in [1.807, 2.05) is 18.2 Å². The van der Waals surface area contributed by atoms with Crippen LogP contribution in [-0.2, 0) is 6.42 Å². The largest absolute Gasteiger partial charge is 0.453 e. The monoisotopic (exact) mass is 403 g/mol. The third-order valence-electron chi connectivity index (χ3n) is 3.03. The van der Waals surface area contributed by atoms with Crippen LogP contribution in [0.3, 0.4) is 0 Å². The Bertz CT molecular complexity index is 571. The van der Waals surface area contributed by atoms with Crippen LogP contribution in [0.15, 0.2) is 43.9 Å². The van der Waals surface area contributed by atoms with Crippen LogP contribution in [0.1, 0.15) is 30.7 Å². The van der Waals surface area contributed by atoms with Crippen molar-refractivity contribution in [3.05, 3.63) is 56.6 Å². The van der Waals surface area contributed by atoms with Crippen LogP contribution in [0.25, 0.3) is 0 Å². The van der Waals surface area contributed by atoms with Gasteiger partial charge in [-0.15, -0.1) is 0 Å². The SMILES string of the molecule is CCCNC(Cc1cccc(F)c1Br)c1ccc(Br)o1. The van der Waals surface area contributed by atoms with Crippen LogP contribution < -0.4 is 5.32 Å². The molecule has 0 spiro atoms. The summed E-state index contributed by atoms with van der Waals surface area (Å²) < 4.78 is 20.4. The first-order chi connectivity index (χ1) is 9.61. The summed E-state index contributed by atoms with van der Waals surface area (Å²) in [5.41, 5.74) is 0.922. The quantitative estimate of drug-likeness (QED) is 0.713. The number of rotatable bonds is 6. The standard InChI is InChI=1S/C15H16Br2FNO/c1-2-8-19-12(13-6-7-14(16)20-13)9-10-4-3-5-11(18)15(10)17/h3-7,12,19H,2,8-9H2,1H3. The summed E-state index contributed by atoms with van der Waals surface area (Å²) in [5, 5.41) is 3.44. The highest BCUT2D eigenvalue weighted by Gasteiger charge is 2.17. The lowest BCUT2D eigenvalue weighted by atomic mass is 10.0. The molecule has 2 aromatic rings. The minimum absolute atomic E-state index is 0.0272. The van der Waals surface area contributed by atoms with E-state index in [-0.39, 0.29) is 11.9 Å². The zero-order valence-electron chi connectivity index (χ0n) is 11.1. The number of nitrogens with one attached hydrogen (secondary N) is 1. The van der Waals surface area contributed by atoms with E-state index in [0.29, 0.717) is 15.6 Å². The van der Waals surface area contributed by atoms with Gasteiger partial charge in [0.15, 0.2) is 4.67 Å². The smallest absolute Gasteiger partial charge is 0.169 e. The first-order valence-corrected chi connectivity index (χ1v) is 8.12. The van der Waals surface area contributed by atoms with Gasteiger partial charge in [-0.2, -0.15) is 0 Å². The molecular formula is C15H16Br2FNO. The minimum atomic E-state index is -0.239. The topological polar surface area (TPSA) is 25.2 Å². The average molecular weight is 405 g/mol. The Morgan fingerprint density at radius 2 is 2.05 bits per heavy atom. The summed E-state index contributed by atoms with van der Waals surface area (Å²) in [6, 6.07) is 8.93. The van der Waals surface area contributed by atoms with Gasteiger partial charge in [0.25, 0.3) is 0 Å². The van der Waals surface area contributed by atoms with Gasteiger partial charge in [0.1, 0.15) is 11.6 Å². The van der Waals surface area contributed by atoms with Gasteiger partial charge in [-0.05, 0) is 75.0 Å². The van der Waals surface area contributed by atoms with Gasteiger partial charge in [0.2, 0.25) is 0 Å². The second-order valence-corrected chi connectivity index (χ2v) is 6.14. The highest BCUT2D eigenvalue weighted by Crippen LogP contribution is 2.28. The van der Waals surface area contributed by atoms with Gasteiger partial charge in [-0.3, -0.25) is 0 Å². The van der Waals surface area contributed by atoms with Gasteiger partial charge in [-0.1, -0.05) is 19.1 Å². The minimum Gasteiger partial charge on any atom is -0.453 e. The van der Waals surface area contributed by atoms with Crippen molar-refractivity contribution in [2.45, 2.75) is 25.8 Å². The Labute approximate surface area is 135 Å². The molecule has 5 heteroatoms. The van der Waals surface area contributed by atoms with Crippen molar-refractivity contribution < 1.29 is 8.81 Å². The van der Waals surface area contributed by atoms with E-state index >= 15 is 0 Å². The fourth-order valence-electron chi connectivity index (χ4n) is 2.03. The fourth-order valence-corrected chi connectivity index (χ4v) is 2.78. The summed E-state index contributed by atoms with van der Waals surface area (Å²) in [4.78, 5) is 0. The van der Waals surface area contributed by atoms with Gasteiger partial charge >= 0.3 is 0 Å². The molecule has 108 valence electrons. The third kappa shape index (κ3) is 3.93. The molecule has 1 atom stereocenters. The number of hydrogen-bond donors (Lipinski definition) is 1. The van der Waals surface area contributed by atoms with E-state index in [9.17, 15) is 4.39 Å². The van der Waals surface area contributed by atoms with Crippen LogP contribution in [-0.4, -0.2) is 6.54 Å². The summed E-state index contributed by atoms with van der Waals surface area (Å²) in [7, 11) is 0. The van der Waals surface area contributed by atoms with Gasteiger partial charge in [0.05, 0.1) is 10.5 Å². The van der Waals surface area contributed by atoms with E-state index in [2.05, 4.69) is 44.1 Å². The van der Waals surface area contributed by atoms with Gasteiger partial charge < -0.3 is 9.73 Å². The Morgan fingerprint density at radius 3 is 2.70 bits per heavy atom. The third-order valence-corrected chi connectivity index (χ3v) is 4.35. The lowest BCUT2D eigenvalue weighted by molar-refractivity contribution is 0.399. The molecule has 0 saturated heterocycles. The van der Waals surface area contributed by atoms with Crippen molar-refractivity contribution in [3.63, 3.8) is 0 Å². The number of halogens is 3. The highest BCUT2D eigenvalue weighted by atomic mass is 79.9. The van der Waals surface area contributed by atoms with E-state index in [1.54, 1.807) is 6.07 Å². The van der Waals surface area contributed by atoms with E-state index in [4.69, 9.17) is 4.42 Å². The summed E-state index contributed by atoms with van der Waals surface area (Å²) in [5.74, 6) is 0.610. The maximum Gasteiger partial charge on any atom is 0.169 e. The highest BCUT2D eigenvalue weighted by molar-refractivity contribution is 9.10. The molecule has 0 amide bonds. The molecule has 0 bridgehead atoms. The van der Waals surface area contributed by atoms with Crippen LogP contribution in [0, 0.1) is 5.82 Å². The number of benzene rings is 1. The van der Waals surface area contributed by atoms with Crippen molar-refractivity contribution in [2.24, 2.45) is 0 Å². The van der Waals surface area contributed by atoms with Crippen molar-refractivity contribution >= 4 is 31.9 Å². The second kappa shape index (κ2) is 7.38. The molecule has 0 aliphatic rings. The van der Waals surface area contributed by atoms with Crippen molar-refractivity contribution in [1.82, 2.24) is 5.32 Å². The number of hydrogen-bond acceptors (Lipinski definition) is 2. The zero-order chi connectivity index (χ0) is 14.5. The first kappa shape index (κ1) is 15.7. The number of furan rings is 1. The van der Waals surface area contributed by atoms with Crippen molar-refractivity contribution in [1.29, 1.82) is 0 Å².